The molecular formula is C15H11F2NOS. The van der Waals surface area contributed by atoms with E-state index in [2.05, 4.69) is 0 Å². The summed E-state index contributed by atoms with van der Waals surface area (Å²) in [6.45, 7) is 0. The monoisotopic (exact) mass is 291 g/mol. The van der Waals surface area contributed by atoms with Crippen molar-refractivity contribution in [3.63, 3.8) is 0 Å². The third kappa shape index (κ3) is 2.18. The van der Waals surface area contributed by atoms with E-state index in [4.69, 9.17) is 0 Å². The SMILES string of the molecule is O=C1CS[C@H](c2ccccc2F)N1c1ccccc1F. The molecule has 0 N–H and O–H groups in total. The minimum absolute atomic E-state index is 0.191. The van der Waals surface area contributed by atoms with E-state index < -0.39 is 11.2 Å². The summed E-state index contributed by atoms with van der Waals surface area (Å²) in [4.78, 5) is 13.4. The van der Waals surface area contributed by atoms with Crippen molar-refractivity contribution >= 4 is 23.4 Å². The molecule has 3 rings (SSSR count). The van der Waals surface area contributed by atoms with E-state index in [9.17, 15) is 13.6 Å². The first-order valence-electron chi connectivity index (χ1n) is 6.11. The molecule has 102 valence electrons. The predicted molar refractivity (Wildman–Crippen MR) is 75.5 cm³/mol. The van der Waals surface area contributed by atoms with Gasteiger partial charge in [-0.15, -0.1) is 11.8 Å². The van der Waals surface area contributed by atoms with Gasteiger partial charge in [0.1, 0.15) is 17.0 Å². The molecule has 2 aromatic carbocycles. The van der Waals surface area contributed by atoms with Crippen LogP contribution in [0.5, 0.6) is 0 Å². The molecule has 0 aliphatic carbocycles. The van der Waals surface area contributed by atoms with E-state index in [-0.39, 0.29) is 23.2 Å². The van der Waals surface area contributed by atoms with Gasteiger partial charge in [-0.25, -0.2) is 8.78 Å². The standard InChI is InChI=1S/C15H11F2NOS/c16-11-6-2-1-5-10(11)15-18(14(19)9-20-15)13-8-4-3-7-12(13)17/h1-8,15H,9H2/t15-/m1/s1. The zero-order chi connectivity index (χ0) is 14.1. The molecule has 0 saturated carbocycles. The molecule has 0 bridgehead atoms. The lowest BCUT2D eigenvalue weighted by Crippen LogP contribution is -2.29. The van der Waals surface area contributed by atoms with Crippen LogP contribution in [-0.2, 0) is 4.79 Å². The van der Waals surface area contributed by atoms with Gasteiger partial charge < -0.3 is 0 Å². The Morgan fingerprint density at radius 1 is 1.00 bits per heavy atom. The Balaban J connectivity index is 2.06. The Bertz CT molecular complexity index is 662. The fourth-order valence-corrected chi connectivity index (χ4v) is 3.43. The molecule has 1 amide bonds. The number of carbonyl (C=O) groups is 1. The second-order valence-electron chi connectivity index (χ2n) is 4.40. The van der Waals surface area contributed by atoms with Crippen molar-refractivity contribution in [3.8, 4) is 0 Å². The summed E-state index contributed by atoms with van der Waals surface area (Å²) in [7, 11) is 0. The second-order valence-corrected chi connectivity index (χ2v) is 5.47. The summed E-state index contributed by atoms with van der Waals surface area (Å²) in [6, 6.07) is 12.3. The highest BCUT2D eigenvalue weighted by molar-refractivity contribution is 8.00. The number of hydrogen-bond acceptors (Lipinski definition) is 2. The van der Waals surface area contributed by atoms with Gasteiger partial charge in [0.05, 0.1) is 11.4 Å². The quantitative estimate of drug-likeness (QED) is 0.840. The normalized spacial score (nSPS) is 18.6. The molecule has 20 heavy (non-hydrogen) atoms. The minimum atomic E-state index is -0.527. The van der Waals surface area contributed by atoms with Crippen molar-refractivity contribution in [2.24, 2.45) is 0 Å². The maximum atomic E-state index is 13.9. The number of hydrogen-bond donors (Lipinski definition) is 0. The lowest BCUT2D eigenvalue weighted by Gasteiger charge is -2.24. The van der Waals surface area contributed by atoms with Gasteiger partial charge >= 0.3 is 0 Å². The van der Waals surface area contributed by atoms with Crippen LogP contribution in [0.4, 0.5) is 14.5 Å². The summed E-state index contributed by atoms with van der Waals surface area (Å²) in [5.74, 6) is -0.869. The first-order valence-corrected chi connectivity index (χ1v) is 7.16. The first kappa shape index (κ1) is 13.1. The van der Waals surface area contributed by atoms with Crippen LogP contribution in [0.25, 0.3) is 0 Å². The van der Waals surface area contributed by atoms with Crippen molar-refractivity contribution in [1.82, 2.24) is 0 Å². The smallest absolute Gasteiger partial charge is 0.238 e. The van der Waals surface area contributed by atoms with Crippen LogP contribution in [0.15, 0.2) is 48.5 Å². The molecule has 1 fully saturated rings. The second kappa shape index (κ2) is 5.25. The molecule has 2 nitrogen and oxygen atoms in total. The van der Waals surface area contributed by atoms with E-state index >= 15 is 0 Å². The number of halogens is 2. The third-order valence-electron chi connectivity index (χ3n) is 3.15. The van der Waals surface area contributed by atoms with Gasteiger partial charge in [-0.3, -0.25) is 9.69 Å². The molecule has 5 heteroatoms. The molecule has 0 spiro atoms. The van der Waals surface area contributed by atoms with Crippen molar-refractivity contribution in [3.05, 3.63) is 65.7 Å². The van der Waals surface area contributed by atoms with Crippen molar-refractivity contribution in [2.75, 3.05) is 10.7 Å². The summed E-state index contributed by atoms with van der Waals surface area (Å²) in [5.41, 5.74) is 0.586. The van der Waals surface area contributed by atoms with Crippen molar-refractivity contribution in [1.29, 1.82) is 0 Å². The number of thioether (sulfide) groups is 1. The van der Waals surface area contributed by atoms with Crippen LogP contribution in [-0.4, -0.2) is 11.7 Å². The zero-order valence-electron chi connectivity index (χ0n) is 10.4. The van der Waals surface area contributed by atoms with Gasteiger partial charge in [0, 0.05) is 5.56 Å². The highest BCUT2D eigenvalue weighted by Gasteiger charge is 2.36. The van der Waals surface area contributed by atoms with E-state index in [0.29, 0.717) is 5.56 Å². The molecule has 1 atom stereocenters. The van der Waals surface area contributed by atoms with E-state index in [1.54, 1.807) is 30.3 Å². The van der Waals surface area contributed by atoms with Crippen LogP contribution in [0.2, 0.25) is 0 Å². The highest BCUT2D eigenvalue weighted by atomic mass is 32.2. The van der Waals surface area contributed by atoms with Gasteiger partial charge in [-0.2, -0.15) is 0 Å². The Hall–Kier alpha value is -1.88. The highest BCUT2D eigenvalue weighted by Crippen LogP contribution is 2.43. The molecule has 0 radical (unpaired) electrons. The third-order valence-corrected chi connectivity index (χ3v) is 4.35. The molecule has 1 aliphatic heterocycles. The van der Waals surface area contributed by atoms with E-state index in [1.165, 1.54) is 34.9 Å². The molecule has 1 heterocycles. The summed E-state index contributed by atoms with van der Waals surface area (Å²) < 4.78 is 27.8. The van der Waals surface area contributed by atoms with Gasteiger partial charge in [0.15, 0.2) is 0 Å². The lowest BCUT2D eigenvalue weighted by atomic mass is 10.1. The van der Waals surface area contributed by atoms with Crippen LogP contribution in [0, 0.1) is 11.6 Å². The average molecular weight is 291 g/mol. The number of nitrogens with zero attached hydrogens (tertiary/aromatic N) is 1. The number of benzene rings is 2. The van der Waals surface area contributed by atoms with Gasteiger partial charge in [-0.05, 0) is 18.2 Å². The Kier molecular flexibility index (Phi) is 3.44. The van der Waals surface area contributed by atoms with Gasteiger partial charge in [0.2, 0.25) is 5.91 Å². The Morgan fingerprint density at radius 2 is 1.65 bits per heavy atom. The molecule has 0 aromatic heterocycles. The van der Waals surface area contributed by atoms with Crippen LogP contribution in [0.3, 0.4) is 0 Å². The summed E-state index contributed by atoms with van der Waals surface area (Å²) >= 11 is 1.30. The van der Waals surface area contributed by atoms with Crippen LogP contribution in [0.1, 0.15) is 10.9 Å². The molecule has 0 unspecified atom stereocenters. The number of para-hydroxylation sites is 1. The van der Waals surface area contributed by atoms with Crippen molar-refractivity contribution in [2.45, 2.75) is 5.37 Å². The number of rotatable bonds is 2. The molecule has 1 saturated heterocycles. The fourth-order valence-electron chi connectivity index (χ4n) is 2.24. The largest absolute Gasteiger partial charge is 0.292 e. The maximum absolute atomic E-state index is 13.9. The molecular weight excluding hydrogens is 280 g/mol. The Morgan fingerprint density at radius 3 is 2.35 bits per heavy atom. The fraction of sp³-hybridized carbons (Fsp3) is 0.133. The van der Waals surface area contributed by atoms with Crippen molar-refractivity contribution < 1.29 is 13.6 Å². The topological polar surface area (TPSA) is 20.3 Å². The van der Waals surface area contributed by atoms with Crippen LogP contribution < -0.4 is 4.90 Å². The lowest BCUT2D eigenvalue weighted by molar-refractivity contribution is -0.115. The first-order chi connectivity index (χ1) is 9.68. The summed E-state index contributed by atoms with van der Waals surface area (Å²) in [5, 5.41) is -0.527. The average Bonchev–Trinajstić information content (AvgIpc) is 2.82. The number of carbonyl (C=O) groups excluding carboxylic acids is 1. The molecule has 1 aliphatic rings. The minimum Gasteiger partial charge on any atom is -0.292 e. The zero-order valence-corrected chi connectivity index (χ0v) is 11.2. The number of amides is 1. The Labute approximate surface area is 119 Å². The van der Waals surface area contributed by atoms with E-state index in [0.717, 1.165) is 0 Å². The summed E-state index contributed by atoms with van der Waals surface area (Å²) in [6.07, 6.45) is 0. The number of anilines is 1. The van der Waals surface area contributed by atoms with E-state index in [1.807, 2.05) is 0 Å². The molecule has 2 aromatic rings. The van der Waals surface area contributed by atoms with Crippen LogP contribution >= 0.6 is 11.8 Å². The van der Waals surface area contributed by atoms with Gasteiger partial charge in [0.25, 0.3) is 0 Å². The predicted octanol–water partition coefficient (Wildman–Crippen LogP) is 3.74. The van der Waals surface area contributed by atoms with Gasteiger partial charge in [-0.1, -0.05) is 30.3 Å². The maximum Gasteiger partial charge on any atom is 0.238 e.